The first-order valence-electron chi connectivity index (χ1n) is 8.25. The number of nitrogens with one attached hydrogen (secondary N) is 1. The Morgan fingerprint density at radius 2 is 2.10 bits per heavy atom. The molecule has 1 fully saturated rings. The zero-order chi connectivity index (χ0) is 14.6. The number of hydrogen-bond donors (Lipinski definition) is 1. The lowest BCUT2D eigenvalue weighted by Crippen LogP contribution is -2.44. The van der Waals surface area contributed by atoms with Crippen molar-refractivity contribution in [2.24, 2.45) is 17.3 Å². The smallest absolute Gasteiger partial charge is 0.00987 e. The Kier molecular flexibility index (Phi) is 5.68. The molecule has 1 aliphatic carbocycles. The van der Waals surface area contributed by atoms with Crippen LogP contribution in [0, 0.1) is 17.3 Å². The molecule has 0 radical (unpaired) electrons. The van der Waals surface area contributed by atoms with Crippen LogP contribution in [0.4, 0.5) is 0 Å². The Balaban J connectivity index is 2.02. The van der Waals surface area contributed by atoms with Crippen LogP contribution < -0.4 is 5.32 Å². The summed E-state index contributed by atoms with van der Waals surface area (Å²) in [5.74, 6) is 1.69. The van der Waals surface area contributed by atoms with E-state index in [2.05, 4.69) is 49.8 Å². The first-order valence-corrected chi connectivity index (χ1v) is 9.19. The third-order valence-electron chi connectivity index (χ3n) is 4.94. The van der Waals surface area contributed by atoms with Gasteiger partial charge in [0.05, 0.1) is 0 Å². The van der Waals surface area contributed by atoms with Gasteiger partial charge in [-0.1, -0.05) is 27.7 Å². The van der Waals surface area contributed by atoms with E-state index in [1.54, 1.807) is 0 Å². The number of thiophene rings is 1. The maximum atomic E-state index is 3.81. The van der Waals surface area contributed by atoms with Gasteiger partial charge in [0.2, 0.25) is 0 Å². The van der Waals surface area contributed by atoms with Crippen LogP contribution in [0.2, 0.25) is 0 Å². The second-order valence-electron chi connectivity index (χ2n) is 7.53. The van der Waals surface area contributed by atoms with E-state index in [0.717, 1.165) is 17.9 Å². The highest BCUT2D eigenvalue weighted by Crippen LogP contribution is 2.41. The molecule has 1 nitrogen and oxygen atoms in total. The standard InChI is InChI=1S/C18H31NS/c1-5-9-19-17-7-6-16(18(2,3)4)12-15(17)11-14-8-10-20-13-14/h8,10,13,15-17,19H,5-7,9,11-12H2,1-4H3. The Morgan fingerprint density at radius 3 is 2.70 bits per heavy atom. The van der Waals surface area contributed by atoms with Crippen molar-refractivity contribution in [2.75, 3.05) is 6.54 Å². The van der Waals surface area contributed by atoms with Gasteiger partial charge >= 0.3 is 0 Å². The summed E-state index contributed by atoms with van der Waals surface area (Å²) in [7, 11) is 0. The Hall–Kier alpha value is -0.340. The van der Waals surface area contributed by atoms with Crippen molar-refractivity contribution in [3.8, 4) is 0 Å². The minimum atomic E-state index is 0.461. The van der Waals surface area contributed by atoms with Gasteiger partial charge in [-0.05, 0) is 78.3 Å². The lowest BCUT2D eigenvalue weighted by Gasteiger charge is -2.42. The molecule has 1 aromatic heterocycles. The third-order valence-corrected chi connectivity index (χ3v) is 5.67. The molecule has 0 aromatic carbocycles. The van der Waals surface area contributed by atoms with Crippen molar-refractivity contribution in [3.05, 3.63) is 22.4 Å². The van der Waals surface area contributed by atoms with Crippen molar-refractivity contribution in [2.45, 2.75) is 65.8 Å². The predicted octanol–water partition coefficient (Wildman–Crippen LogP) is 5.12. The number of hydrogen-bond acceptors (Lipinski definition) is 2. The van der Waals surface area contributed by atoms with Gasteiger partial charge in [0, 0.05) is 6.04 Å². The molecule has 1 heterocycles. The third kappa shape index (κ3) is 4.33. The van der Waals surface area contributed by atoms with E-state index in [1.807, 2.05) is 11.3 Å². The Labute approximate surface area is 129 Å². The summed E-state index contributed by atoms with van der Waals surface area (Å²) in [6.07, 6.45) is 6.64. The maximum Gasteiger partial charge on any atom is 0.00987 e. The molecule has 114 valence electrons. The lowest BCUT2D eigenvalue weighted by atomic mass is 9.66. The SMILES string of the molecule is CCCNC1CCC(C(C)(C)C)CC1Cc1ccsc1. The minimum absolute atomic E-state index is 0.461. The summed E-state index contributed by atoms with van der Waals surface area (Å²) in [4.78, 5) is 0. The van der Waals surface area contributed by atoms with Gasteiger partial charge in [-0.25, -0.2) is 0 Å². The van der Waals surface area contributed by atoms with Crippen LogP contribution in [0.3, 0.4) is 0 Å². The summed E-state index contributed by atoms with van der Waals surface area (Å²) < 4.78 is 0. The minimum Gasteiger partial charge on any atom is -0.314 e. The van der Waals surface area contributed by atoms with E-state index >= 15 is 0 Å². The molecule has 1 aliphatic rings. The van der Waals surface area contributed by atoms with Crippen LogP contribution in [0.25, 0.3) is 0 Å². The highest BCUT2D eigenvalue weighted by molar-refractivity contribution is 7.07. The summed E-state index contributed by atoms with van der Waals surface area (Å²) in [5.41, 5.74) is 2.00. The van der Waals surface area contributed by atoms with Crippen LogP contribution in [0.15, 0.2) is 16.8 Å². The van der Waals surface area contributed by atoms with Crippen molar-refractivity contribution in [3.63, 3.8) is 0 Å². The summed E-state index contributed by atoms with van der Waals surface area (Å²) >= 11 is 1.83. The van der Waals surface area contributed by atoms with Gasteiger partial charge in [0.1, 0.15) is 0 Å². The van der Waals surface area contributed by atoms with E-state index < -0.39 is 0 Å². The highest BCUT2D eigenvalue weighted by Gasteiger charge is 2.35. The molecule has 20 heavy (non-hydrogen) atoms. The molecule has 1 aromatic rings. The van der Waals surface area contributed by atoms with Crippen LogP contribution in [0.1, 0.15) is 58.9 Å². The van der Waals surface area contributed by atoms with Gasteiger partial charge in [0.15, 0.2) is 0 Å². The van der Waals surface area contributed by atoms with Gasteiger partial charge < -0.3 is 5.32 Å². The molecule has 0 saturated heterocycles. The molecule has 3 unspecified atom stereocenters. The van der Waals surface area contributed by atoms with E-state index in [9.17, 15) is 0 Å². The predicted molar refractivity (Wildman–Crippen MR) is 90.4 cm³/mol. The average Bonchev–Trinajstić information content (AvgIpc) is 2.89. The van der Waals surface area contributed by atoms with Crippen molar-refractivity contribution in [1.29, 1.82) is 0 Å². The van der Waals surface area contributed by atoms with Crippen molar-refractivity contribution >= 4 is 11.3 Å². The fourth-order valence-corrected chi connectivity index (χ4v) is 4.27. The molecule has 0 bridgehead atoms. The molecule has 2 heteroatoms. The molecular weight excluding hydrogens is 262 g/mol. The summed E-state index contributed by atoms with van der Waals surface area (Å²) in [5, 5.41) is 8.36. The largest absolute Gasteiger partial charge is 0.314 e. The quantitative estimate of drug-likeness (QED) is 0.794. The molecule has 3 atom stereocenters. The van der Waals surface area contributed by atoms with Gasteiger partial charge in [-0.2, -0.15) is 11.3 Å². The molecule has 2 rings (SSSR count). The normalized spacial score (nSPS) is 27.7. The summed E-state index contributed by atoms with van der Waals surface area (Å²) in [6, 6.07) is 3.04. The van der Waals surface area contributed by atoms with Crippen molar-refractivity contribution in [1.82, 2.24) is 5.32 Å². The van der Waals surface area contributed by atoms with Gasteiger partial charge in [0.25, 0.3) is 0 Å². The lowest BCUT2D eigenvalue weighted by molar-refractivity contribution is 0.114. The summed E-state index contributed by atoms with van der Waals surface area (Å²) in [6.45, 7) is 10.7. The first kappa shape index (κ1) is 16.0. The molecule has 1 N–H and O–H groups in total. The average molecular weight is 294 g/mol. The highest BCUT2D eigenvalue weighted by atomic mass is 32.1. The van der Waals surface area contributed by atoms with E-state index in [-0.39, 0.29) is 0 Å². The van der Waals surface area contributed by atoms with E-state index in [0.29, 0.717) is 5.41 Å². The van der Waals surface area contributed by atoms with Crippen molar-refractivity contribution < 1.29 is 0 Å². The van der Waals surface area contributed by atoms with Crippen LogP contribution in [-0.2, 0) is 6.42 Å². The Bertz CT molecular complexity index is 377. The zero-order valence-corrected chi connectivity index (χ0v) is 14.4. The molecule has 0 spiro atoms. The fourth-order valence-electron chi connectivity index (χ4n) is 3.59. The molecule has 0 aliphatic heterocycles. The maximum absolute atomic E-state index is 3.81. The van der Waals surface area contributed by atoms with Crippen LogP contribution >= 0.6 is 11.3 Å². The fraction of sp³-hybridized carbons (Fsp3) is 0.778. The van der Waals surface area contributed by atoms with Crippen LogP contribution in [-0.4, -0.2) is 12.6 Å². The second-order valence-corrected chi connectivity index (χ2v) is 8.31. The molecule has 0 amide bonds. The number of rotatable bonds is 5. The zero-order valence-electron chi connectivity index (χ0n) is 13.6. The topological polar surface area (TPSA) is 12.0 Å². The van der Waals surface area contributed by atoms with E-state index in [1.165, 1.54) is 44.2 Å². The monoisotopic (exact) mass is 293 g/mol. The second kappa shape index (κ2) is 7.09. The Morgan fingerprint density at radius 1 is 1.30 bits per heavy atom. The molecule has 1 saturated carbocycles. The van der Waals surface area contributed by atoms with E-state index in [4.69, 9.17) is 0 Å². The van der Waals surface area contributed by atoms with Gasteiger partial charge in [-0.3, -0.25) is 0 Å². The van der Waals surface area contributed by atoms with Gasteiger partial charge in [-0.15, -0.1) is 0 Å². The van der Waals surface area contributed by atoms with Crippen LogP contribution in [0.5, 0.6) is 0 Å². The first-order chi connectivity index (χ1) is 9.50. The molecular formula is C18H31NS.